The van der Waals surface area contributed by atoms with E-state index in [0.717, 1.165) is 25.9 Å². The van der Waals surface area contributed by atoms with Crippen LogP contribution in [0.1, 0.15) is 17.7 Å². The summed E-state index contributed by atoms with van der Waals surface area (Å²) < 4.78 is 3.20. The van der Waals surface area contributed by atoms with Gasteiger partial charge in [0, 0.05) is 41.9 Å². The summed E-state index contributed by atoms with van der Waals surface area (Å²) in [6, 6.07) is 10.7. The molecule has 3 rings (SSSR count). The first-order valence-electron chi connectivity index (χ1n) is 6.64. The molecule has 1 aromatic heterocycles. The van der Waals surface area contributed by atoms with Crippen molar-refractivity contribution in [1.82, 2.24) is 15.1 Å². The van der Waals surface area contributed by atoms with Gasteiger partial charge in [0.2, 0.25) is 0 Å². The van der Waals surface area contributed by atoms with Crippen LogP contribution in [0.15, 0.2) is 41.0 Å². The smallest absolute Gasteiger partial charge is 0.0492 e. The molecule has 0 amide bonds. The van der Waals surface area contributed by atoms with E-state index < -0.39 is 0 Å². The molecule has 1 N–H and O–H groups in total. The zero-order chi connectivity index (χ0) is 13.3. The molecule has 1 aliphatic rings. The van der Waals surface area contributed by atoms with Gasteiger partial charge in [0.1, 0.15) is 0 Å². The van der Waals surface area contributed by atoms with Crippen molar-refractivity contribution in [2.75, 3.05) is 13.1 Å². The van der Waals surface area contributed by atoms with Gasteiger partial charge in [-0.05, 0) is 30.5 Å². The molecule has 19 heavy (non-hydrogen) atoms. The second kappa shape index (κ2) is 5.10. The first-order valence-corrected chi connectivity index (χ1v) is 7.43. The van der Waals surface area contributed by atoms with Gasteiger partial charge in [-0.2, -0.15) is 5.10 Å². The van der Waals surface area contributed by atoms with Gasteiger partial charge in [-0.25, -0.2) is 0 Å². The molecule has 0 bridgehead atoms. The average molecular weight is 320 g/mol. The highest BCUT2D eigenvalue weighted by atomic mass is 79.9. The number of benzene rings is 1. The molecule has 0 unspecified atom stereocenters. The quantitative estimate of drug-likeness (QED) is 0.939. The molecule has 1 saturated heterocycles. The van der Waals surface area contributed by atoms with Gasteiger partial charge in [-0.15, -0.1) is 0 Å². The van der Waals surface area contributed by atoms with Crippen molar-refractivity contribution in [2.24, 2.45) is 7.05 Å². The standard InChI is InChI=1S/C15H18BrN3/c1-19-12(7-9-18-19)6-8-15(10-17-11-15)13-4-2-3-5-14(13)16/h2-5,7,9,17H,6,8,10-11H2,1H3. The molecule has 1 fully saturated rings. The van der Waals surface area contributed by atoms with Crippen LogP contribution >= 0.6 is 15.9 Å². The van der Waals surface area contributed by atoms with Crippen LogP contribution in [0.5, 0.6) is 0 Å². The Morgan fingerprint density at radius 3 is 2.68 bits per heavy atom. The third-order valence-corrected chi connectivity index (χ3v) is 4.85. The lowest BCUT2D eigenvalue weighted by Gasteiger charge is -2.44. The molecule has 0 saturated carbocycles. The summed E-state index contributed by atoms with van der Waals surface area (Å²) in [6.45, 7) is 2.13. The minimum atomic E-state index is 0.268. The normalized spacial score (nSPS) is 17.2. The van der Waals surface area contributed by atoms with Crippen molar-refractivity contribution >= 4 is 15.9 Å². The van der Waals surface area contributed by atoms with E-state index in [-0.39, 0.29) is 5.41 Å². The minimum absolute atomic E-state index is 0.268. The van der Waals surface area contributed by atoms with E-state index in [9.17, 15) is 0 Å². The zero-order valence-electron chi connectivity index (χ0n) is 11.1. The Hall–Kier alpha value is -1.13. The number of nitrogens with one attached hydrogen (secondary N) is 1. The number of aryl methyl sites for hydroxylation is 2. The Bertz CT molecular complexity index is 572. The Morgan fingerprint density at radius 1 is 1.32 bits per heavy atom. The number of halogens is 1. The van der Waals surface area contributed by atoms with Crippen molar-refractivity contribution in [1.29, 1.82) is 0 Å². The van der Waals surface area contributed by atoms with Crippen LogP contribution in [0.4, 0.5) is 0 Å². The fourth-order valence-corrected chi connectivity index (χ4v) is 3.54. The van der Waals surface area contributed by atoms with Gasteiger partial charge >= 0.3 is 0 Å². The second-order valence-electron chi connectivity index (χ2n) is 5.31. The summed E-state index contributed by atoms with van der Waals surface area (Å²) in [5.74, 6) is 0. The maximum Gasteiger partial charge on any atom is 0.0492 e. The predicted octanol–water partition coefficient (Wildman–Crippen LogP) is 2.66. The van der Waals surface area contributed by atoms with Crippen molar-refractivity contribution < 1.29 is 0 Å². The van der Waals surface area contributed by atoms with E-state index in [0.29, 0.717) is 0 Å². The van der Waals surface area contributed by atoms with Gasteiger partial charge in [0.05, 0.1) is 0 Å². The lowest BCUT2D eigenvalue weighted by Crippen LogP contribution is -2.57. The highest BCUT2D eigenvalue weighted by Crippen LogP contribution is 2.37. The van der Waals surface area contributed by atoms with E-state index >= 15 is 0 Å². The molecule has 0 radical (unpaired) electrons. The van der Waals surface area contributed by atoms with E-state index in [1.54, 1.807) is 0 Å². The third kappa shape index (κ3) is 2.35. The Morgan fingerprint density at radius 2 is 2.11 bits per heavy atom. The molecular weight excluding hydrogens is 302 g/mol. The van der Waals surface area contributed by atoms with Crippen molar-refractivity contribution in [3.8, 4) is 0 Å². The molecule has 2 heterocycles. The Balaban J connectivity index is 1.81. The first-order chi connectivity index (χ1) is 9.21. The summed E-state index contributed by atoms with van der Waals surface area (Å²) in [5.41, 5.74) is 3.00. The van der Waals surface area contributed by atoms with Crippen LogP contribution in [-0.4, -0.2) is 22.9 Å². The topological polar surface area (TPSA) is 29.9 Å². The molecule has 2 aromatic rings. The van der Waals surface area contributed by atoms with Crippen LogP contribution < -0.4 is 5.32 Å². The highest BCUT2D eigenvalue weighted by Gasteiger charge is 2.39. The van der Waals surface area contributed by atoms with E-state index in [1.165, 1.54) is 15.7 Å². The molecule has 1 aromatic carbocycles. The summed E-state index contributed by atoms with van der Waals surface area (Å²) >= 11 is 3.69. The van der Waals surface area contributed by atoms with Crippen LogP contribution in [0.2, 0.25) is 0 Å². The zero-order valence-corrected chi connectivity index (χ0v) is 12.7. The maximum absolute atomic E-state index is 4.24. The number of rotatable bonds is 4. The summed E-state index contributed by atoms with van der Waals surface area (Å²) in [4.78, 5) is 0. The van der Waals surface area contributed by atoms with Crippen LogP contribution in [0.25, 0.3) is 0 Å². The highest BCUT2D eigenvalue weighted by molar-refractivity contribution is 9.10. The molecule has 100 valence electrons. The number of hydrogen-bond donors (Lipinski definition) is 1. The fraction of sp³-hybridized carbons (Fsp3) is 0.400. The molecular formula is C15H18BrN3. The van der Waals surface area contributed by atoms with E-state index in [4.69, 9.17) is 0 Å². The van der Waals surface area contributed by atoms with Crippen LogP contribution in [0.3, 0.4) is 0 Å². The van der Waals surface area contributed by atoms with Gasteiger partial charge < -0.3 is 5.32 Å². The van der Waals surface area contributed by atoms with Crippen molar-refractivity contribution in [3.05, 3.63) is 52.3 Å². The molecule has 1 aliphatic heterocycles. The first kappa shape index (κ1) is 12.9. The van der Waals surface area contributed by atoms with Gasteiger partial charge in [-0.1, -0.05) is 34.1 Å². The maximum atomic E-state index is 4.24. The number of hydrogen-bond acceptors (Lipinski definition) is 2. The van der Waals surface area contributed by atoms with Gasteiger partial charge in [0.15, 0.2) is 0 Å². The second-order valence-corrected chi connectivity index (χ2v) is 6.16. The number of aromatic nitrogens is 2. The molecule has 0 atom stereocenters. The third-order valence-electron chi connectivity index (χ3n) is 4.15. The Labute approximate surface area is 122 Å². The molecule has 0 spiro atoms. The summed E-state index contributed by atoms with van der Waals surface area (Å²) in [5, 5.41) is 7.67. The molecule has 3 nitrogen and oxygen atoms in total. The van der Waals surface area contributed by atoms with Crippen LogP contribution in [-0.2, 0) is 18.9 Å². The largest absolute Gasteiger partial charge is 0.315 e. The van der Waals surface area contributed by atoms with Crippen LogP contribution in [0, 0.1) is 0 Å². The summed E-state index contributed by atoms with van der Waals surface area (Å²) in [6.07, 6.45) is 4.10. The van der Waals surface area contributed by atoms with E-state index in [2.05, 4.69) is 56.7 Å². The minimum Gasteiger partial charge on any atom is -0.315 e. The Kier molecular flexibility index (Phi) is 3.46. The monoisotopic (exact) mass is 319 g/mol. The van der Waals surface area contributed by atoms with E-state index in [1.807, 2.05) is 17.9 Å². The van der Waals surface area contributed by atoms with Crippen molar-refractivity contribution in [3.63, 3.8) is 0 Å². The summed E-state index contributed by atoms with van der Waals surface area (Å²) in [7, 11) is 2.01. The molecule has 4 heteroatoms. The lowest BCUT2D eigenvalue weighted by molar-refractivity contribution is 0.255. The SMILES string of the molecule is Cn1nccc1CCC1(c2ccccc2Br)CNC1. The fourth-order valence-electron chi connectivity index (χ4n) is 2.83. The lowest BCUT2D eigenvalue weighted by atomic mass is 9.71. The average Bonchev–Trinajstić information content (AvgIpc) is 2.76. The van der Waals surface area contributed by atoms with Gasteiger partial charge in [0.25, 0.3) is 0 Å². The molecule has 0 aliphatic carbocycles. The number of nitrogens with zero attached hydrogens (tertiary/aromatic N) is 2. The predicted molar refractivity (Wildman–Crippen MR) is 80.2 cm³/mol. The van der Waals surface area contributed by atoms with Gasteiger partial charge in [-0.3, -0.25) is 4.68 Å². The van der Waals surface area contributed by atoms with Crippen molar-refractivity contribution in [2.45, 2.75) is 18.3 Å².